The van der Waals surface area contributed by atoms with E-state index in [-0.39, 0.29) is 0 Å². The highest BCUT2D eigenvalue weighted by molar-refractivity contribution is 7.11. The number of benzene rings is 1. The lowest BCUT2D eigenvalue weighted by Gasteiger charge is -2.09. The summed E-state index contributed by atoms with van der Waals surface area (Å²) in [6.45, 7) is 1.93. The first-order valence-corrected chi connectivity index (χ1v) is 6.51. The number of aliphatic hydroxyl groups excluding tert-OH is 1. The van der Waals surface area contributed by atoms with E-state index in [0.717, 1.165) is 26.4 Å². The van der Waals surface area contributed by atoms with Crippen molar-refractivity contribution in [3.63, 3.8) is 0 Å². The molecule has 0 radical (unpaired) electrons. The third-order valence-corrected chi connectivity index (χ3v) is 3.82. The maximum Gasteiger partial charge on any atom is 0.115 e. The van der Waals surface area contributed by atoms with E-state index < -0.39 is 6.10 Å². The molecule has 0 spiro atoms. The maximum absolute atomic E-state index is 10.3. The van der Waals surface area contributed by atoms with Gasteiger partial charge in [-0.2, -0.15) is 0 Å². The van der Waals surface area contributed by atoms with Crippen molar-refractivity contribution in [1.82, 2.24) is 9.97 Å². The fourth-order valence-corrected chi connectivity index (χ4v) is 2.72. The summed E-state index contributed by atoms with van der Waals surface area (Å²) in [5, 5.41) is 12.3. The highest BCUT2D eigenvalue weighted by atomic mass is 32.1. The molecular weight excluding hydrogens is 244 g/mol. The Morgan fingerprint density at radius 1 is 1.22 bits per heavy atom. The van der Waals surface area contributed by atoms with E-state index in [1.807, 2.05) is 37.3 Å². The quantitative estimate of drug-likeness (QED) is 0.766. The minimum Gasteiger partial charge on any atom is -0.383 e. The summed E-state index contributed by atoms with van der Waals surface area (Å²) in [6, 6.07) is 9.76. The van der Waals surface area contributed by atoms with Gasteiger partial charge in [0.1, 0.15) is 6.10 Å². The lowest BCUT2D eigenvalue weighted by Crippen LogP contribution is -1.97. The summed E-state index contributed by atoms with van der Waals surface area (Å²) in [5.74, 6) is 0. The minimum atomic E-state index is -0.623. The van der Waals surface area contributed by atoms with Crippen molar-refractivity contribution in [2.75, 3.05) is 0 Å². The molecule has 0 fully saturated rings. The second-order valence-electron chi connectivity index (χ2n) is 4.14. The fraction of sp³-hybridized carbons (Fsp3) is 0.143. The third-order valence-electron chi connectivity index (χ3n) is 2.85. The molecule has 3 aromatic rings. The zero-order valence-corrected chi connectivity index (χ0v) is 10.7. The highest BCUT2D eigenvalue weighted by Gasteiger charge is 2.13. The summed E-state index contributed by atoms with van der Waals surface area (Å²) < 4.78 is 0. The molecule has 2 aromatic heterocycles. The lowest BCUT2D eigenvalue weighted by molar-refractivity contribution is 0.224. The minimum absolute atomic E-state index is 0.623. The van der Waals surface area contributed by atoms with Gasteiger partial charge in [0.2, 0.25) is 0 Å². The van der Waals surface area contributed by atoms with Crippen LogP contribution in [0.5, 0.6) is 0 Å². The van der Waals surface area contributed by atoms with Crippen molar-refractivity contribution < 1.29 is 5.11 Å². The molecule has 1 atom stereocenters. The van der Waals surface area contributed by atoms with Crippen molar-refractivity contribution >= 4 is 22.2 Å². The normalized spacial score (nSPS) is 12.8. The fourth-order valence-electron chi connectivity index (χ4n) is 1.92. The van der Waals surface area contributed by atoms with Gasteiger partial charge >= 0.3 is 0 Å². The number of aliphatic hydroxyl groups is 1. The third kappa shape index (κ3) is 2.00. The first-order valence-electron chi connectivity index (χ1n) is 5.69. The van der Waals surface area contributed by atoms with Gasteiger partial charge in [-0.3, -0.25) is 4.98 Å². The molecule has 1 N–H and O–H groups in total. The molecule has 0 saturated carbocycles. The van der Waals surface area contributed by atoms with Crippen LogP contribution in [0.1, 0.15) is 21.6 Å². The number of aryl methyl sites for hydroxylation is 1. The molecule has 3 rings (SSSR count). The van der Waals surface area contributed by atoms with Crippen molar-refractivity contribution in [3.8, 4) is 0 Å². The molecule has 0 aliphatic rings. The molecule has 1 unspecified atom stereocenters. The Bertz CT molecular complexity index is 693. The van der Waals surface area contributed by atoms with E-state index in [0.29, 0.717) is 0 Å². The van der Waals surface area contributed by atoms with Crippen molar-refractivity contribution in [2.45, 2.75) is 13.0 Å². The second-order valence-corrected chi connectivity index (χ2v) is 5.41. The zero-order chi connectivity index (χ0) is 12.5. The number of hydrogen-bond donors (Lipinski definition) is 1. The molecule has 0 aliphatic carbocycles. The van der Waals surface area contributed by atoms with Crippen LogP contribution >= 0.6 is 11.3 Å². The van der Waals surface area contributed by atoms with Crippen LogP contribution < -0.4 is 0 Å². The number of nitrogens with zero attached hydrogens (tertiary/aromatic N) is 2. The van der Waals surface area contributed by atoms with Crippen molar-refractivity contribution in [2.24, 2.45) is 0 Å². The number of hydrogen-bond acceptors (Lipinski definition) is 4. The summed E-state index contributed by atoms with van der Waals surface area (Å²) in [4.78, 5) is 9.33. The SMILES string of the molecule is Cc1ncc(C(O)c2ccc3cccnc3c2)s1. The van der Waals surface area contributed by atoms with Crippen LogP contribution in [0.15, 0.2) is 42.7 Å². The zero-order valence-electron chi connectivity index (χ0n) is 9.87. The van der Waals surface area contributed by atoms with Gasteiger partial charge in [0.15, 0.2) is 0 Å². The predicted octanol–water partition coefficient (Wildman–Crippen LogP) is 3.08. The van der Waals surface area contributed by atoms with Gasteiger partial charge in [-0.1, -0.05) is 18.2 Å². The Morgan fingerprint density at radius 2 is 2.11 bits per heavy atom. The van der Waals surface area contributed by atoms with Crippen LogP contribution in [-0.2, 0) is 0 Å². The standard InChI is InChI=1S/C14H12N2OS/c1-9-16-8-13(18-9)14(17)11-5-4-10-3-2-6-15-12(10)7-11/h2-8,14,17H,1H3. The van der Waals surface area contributed by atoms with E-state index in [4.69, 9.17) is 0 Å². The largest absolute Gasteiger partial charge is 0.383 e. The van der Waals surface area contributed by atoms with Gasteiger partial charge in [0.05, 0.1) is 15.4 Å². The molecule has 0 amide bonds. The van der Waals surface area contributed by atoms with Crippen LogP contribution in [0.2, 0.25) is 0 Å². The van der Waals surface area contributed by atoms with E-state index in [1.165, 1.54) is 11.3 Å². The predicted molar refractivity (Wildman–Crippen MR) is 72.7 cm³/mol. The number of pyridine rings is 1. The number of rotatable bonds is 2. The Balaban J connectivity index is 2.03. The summed E-state index contributed by atoms with van der Waals surface area (Å²) in [6.07, 6.45) is 2.87. The van der Waals surface area contributed by atoms with Gasteiger partial charge in [-0.05, 0) is 24.6 Å². The van der Waals surface area contributed by atoms with Crippen LogP contribution in [0.25, 0.3) is 10.9 Å². The highest BCUT2D eigenvalue weighted by Crippen LogP contribution is 2.28. The molecule has 3 nitrogen and oxygen atoms in total. The smallest absolute Gasteiger partial charge is 0.115 e. The average Bonchev–Trinajstić information content (AvgIpc) is 2.84. The molecule has 0 saturated heterocycles. The Hall–Kier alpha value is -1.78. The molecule has 2 heterocycles. The van der Waals surface area contributed by atoms with Gasteiger partial charge in [0.25, 0.3) is 0 Å². The van der Waals surface area contributed by atoms with Crippen LogP contribution in [0, 0.1) is 6.92 Å². The van der Waals surface area contributed by atoms with Crippen molar-refractivity contribution in [1.29, 1.82) is 0 Å². The Morgan fingerprint density at radius 3 is 2.89 bits per heavy atom. The number of fused-ring (bicyclic) bond motifs is 1. The molecule has 1 aromatic carbocycles. The summed E-state index contributed by atoms with van der Waals surface area (Å²) in [5.41, 5.74) is 1.75. The van der Waals surface area contributed by atoms with Gasteiger partial charge in [0, 0.05) is 17.8 Å². The Kier molecular flexibility index (Phi) is 2.81. The van der Waals surface area contributed by atoms with Crippen molar-refractivity contribution in [3.05, 3.63) is 58.2 Å². The van der Waals surface area contributed by atoms with Gasteiger partial charge in [-0.15, -0.1) is 11.3 Å². The molecular formula is C14H12N2OS. The molecule has 18 heavy (non-hydrogen) atoms. The summed E-state index contributed by atoms with van der Waals surface area (Å²) >= 11 is 1.51. The van der Waals surface area contributed by atoms with Crippen LogP contribution in [-0.4, -0.2) is 15.1 Å². The Labute approximate surface area is 109 Å². The first-order chi connectivity index (χ1) is 8.74. The molecule has 0 aliphatic heterocycles. The molecule has 4 heteroatoms. The molecule has 0 bridgehead atoms. The van der Waals surface area contributed by atoms with Gasteiger partial charge in [-0.25, -0.2) is 4.98 Å². The second kappa shape index (κ2) is 4.48. The van der Waals surface area contributed by atoms with E-state index in [2.05, 4.69) is 9.97 Å². The molecule has 90 valence electrons. The lowest BCUT2D eigenvalue weighted by atomic mass is 10.1. The number of aromatic nitrogens is 2. The van der Waals surface area contributed by atoms with E-state index >= 15 is 0 Å². The summed E-state index contributed by atoms with van der Waals surface area (Å²) in [7, 11) is 0. The van der Waals surface area contributed by atoms with Gasteiger partial charge < -0.3 is 5.11 Å². The topological polar surface area (TPSA) is 46.0 Å². The monoisotopic (exact) mass is 256 g/mol. The van der Waals surface area contributed by atoms with Crippen LogP contribution in [0.3, 0.4) is 0 Å². The van der Waals surface area contributed by atoms with Crippen LogP contribution in [0.4, 0.5) is 0 Å². The first kappa shape index (κ1) is 11.3. The number of thiazole rings is 1. The average molecular weight is 256 g/mol. The van der Waals surface area contributed by atoms with E-state index in [9.17, 15) is 5.11 Å². The van der Waals surface area contributed by atoms with E-state index in [1.54, 1.807) is 12.4 Å². The maximum atomic E-state index is 10.3.